The topological polar surface area (TPSA) is 79.9 Å². The van der Waals surface area contributed by atoms with Gasteiger partial charge in [-0.2, -0.15) is 0 Å². The fourth-order valence-corrected chi connectivity index (χ4v) is 3.92. The Balaban J connectivity index is 1.40. The zero-order valence-corrected chi connectivity index (χ0v) is 17.6. The second-order valence-electron chi connectivity index (χ2n) is 7.93. The Labute approximate surface area is 182 Å². The average molecular weight is 424 g/mol. The number of rotatable bonds is 7. The molecule has 2 fully saturated rings. The van der Waals surface area contributed by atoms with Crippen LogP contribution >= 0.6 is 0 Å². The standard InChI is InChI=1S/C24H29N3O4/c28-23(19-6-3-5-18(15-19)17-27-10-13-30-14-11-27)26-22-9-2-1-8-21(22)24(29)25-16-20-7-4-12-31-20/h1-3,5-6,8-9,15,20H,4,7,10-14,16-17H2,(H,25,29)(H,26,28)/t20-/m1/s1. The fraction of sp³-hybridized carbons (Fsp3) is 0.417. The number of amides is 2. The molecule has 2 N–H and O–H groups in total. The Kier molecular flexibility index (Phi) is 7.30. The largest absolute Gasteiger partial charge is 0.379 e. The SMILES string of the molecule is O=C(Nc1ccccc1C(=O)NC[C@H]1CCCO1)c1cccc(CN2CCOCC2)c1. The van der Waals surface area contributed by atoms with Gasteiger partial charge in [0.05, 0.1) is 30.6 Å². The molecule has 0 saturated carbocycles. The molecule has 1 atom stereocenters. The third kappa shape index (κ3) is 5.91. The van der Waals surface area contributed by atoms with Gasteiger partial charge < -0.3 is 20.1 Å². The summed E-state index contributed by atoms with van der Waals surface area (Å²) in [6.45, 7) is 5.28. The smallest absolute Gasteiger partial charge is 0.255 e. The van der Waals surface area contributed by atoms with Gasteiger partial charge in [-0.15, -0.1) is 0 Å². The van der Waals surface area contributed by atoms with Crippen molar-refractivity contribution in [3.05, 3.63) is 65.2 Å². The molecule has 31 heavy (non-hydrogen) atoms. The van der Waals surface area contributed by atoms with Gasteiger partial charge in [0, 0.05) is 38.3 Å². The summed E-state index contributed by atoms with van der Waals surface area (Å²) in [6.07, 6.45) is 2.05. The molecule has 7 heteroatoms. The lowest BCUT2D eigenvalue weighted by Crippen LogP contribution is -2.35. The zero-order valence-electron chi connectivity index (χ0n) is 17.6. The molecular weight excluding hydrogens is 394 g/mol. The van der Waals surface area contributed by atoms with Crippen LogP contribution in [-0.4, -0.2) is 62.3 Å². The number of hydrogen-bond donors (Lipinski definition) is 2. The molecule has 2 heterocycles. The van der Waals surface area contributed by atoms with E-state index in [1.165, 1.54) is 0 Å². The lowest BCUT2D eigenvalue weighted by atomic mass is 10.1. The van der Waals surface area contributed by atoms with Crippen LogP contribution in [0.3, 0.4) is 0 Å². The highest BCUT2D eigenvalue weighted by Crippen LogP contribution is 2.18. The van der Waals surface area contributed by atoms with E-state index in [0.717, 1.165) is 57.9 Å². The monoisotopic (exact) mass is 423 g/mol. The molecule has 4 rings (SSSR count). The lowest BCUT2D eigenvalue weighted by Gasteiger charge is -2.26. The number of carbonyl (C=O) groups is 2. The van der Waals surface area contributed by atoms with Gasteiger partial charge in [-0.3, -0.25) is 14.5 Å². The second-order valence-corrected chi connectivity index (χ2v) is 7.93. The Hall–Kier alpha value is -2.74. The van der Waals surface area contributed by atoms with Crippen LogP contribution < -0.4 is 10.6 Å². The molecule has 2 aliphatic heterocycles. The van der Waals surface area contributed by atoms with Gasteiger partial charge in [0.15, 0.2) is 0 Å². The first-order valence-corrected chi connectivity index (χ1v) is 10.9. The summed E-state index contributed by atoms with van der Waals surface area (Å²) in [5, 5.41) is 5.82. The molecule has 164 valence electrons. The fourth-order valence-electron chi connectivity index (χ4n) is 3.92. The van der Waals surface area contributed by atoms with Crippen LogP contribution in [0.5, 0.6) is 0 Å². The molecule has 2 aromatic rings. The number of nitrogens with zero attached hydrogens (tertiary/aromatic N) is 1. The number of carbonyl (C=O) groups excluding carboxylic acids is 2. The van der Waals surface area contributed by atoms with E-state index in [9.17, 15) is 9.59 Å². The summed E-state index contributed by atoms with van der Waals surface area (Å²) in [7, 11) is 0. The number of hydrogen-bond acceptors (Lipinski definition) is 5. The van der Waals surface area contributed by atoms with Crippen molar-refractivity contribution in [1.29, 1.82) is 0 Å². The molecule has 2 aromatic carbocycles. The Bertz CT molecular complexity index is 905. The maximum absolute atomic E-state index is 12.9. The molecule has 2 amide bonds. The maximum atomic E-state index is 12.9. The number of anilines is 1. The number of morpholine rings is 1. The molecule has 2 saturated heterocycles. The number of ether oxygens (including phenoxy) is 2. The van der Waals surface area contributed by atoms with E-state index in [1.54, 1.807) is 30.3 Å². The maximum Gasteiger partial charge on any atom is 0.255 e. The Morgan fingerprint density at radius 3 is 2.65 bits per heavy atom. The van der Waals surface area contributed by atoms with Crippen molar-refractivity contribution >= 4 is 17.5 Å². The average Bonchev–Trinajstić information content (AvgIpc) is 3.32. The summed E-state index contributed by atoms with van der Waals surface area (Å²) >= 11 is 0. The van der Waals surface area contributed by atoms with E-state index >= 15 is 0 Å². The molecule has 7 nitrogen and oxygen atoms in total. The van der Waals surface area contributed by atoms with Gasteiger partial charge in [0.2, 0.25) is 0 Å². The Morgan fingerprint density at radius 2 is 1.84 bits per heavy atom. The zero-order chi connectivity index (χ0) is 21.5. The third-order valence-corrected chi connectivity index (χ3v) is 5.63. The summed E-state index contributed by atoms with van der Waals surface area (Å²) in [4.78, 5) is 27.9. The minimum absolute atomic E-state index is 0.0694. The van der Waals surface area contributed by atoms with Crippen molar-refractivity contribution in [2.24, 2.45) is 0 Å². The van der Waals surface area contributed by atoms with Gasteiger partial charge in [-0.05, 0) is 42.7 Å². The van der Waals surface area contributed by atoms with E-state index in [-0.39, 0.29) is 17.9 Å². The van der Waals surface area contributed by atoms with Gasteiger partial charge in [0.25, 0.3) is 11.8 Å². The van der Waals surface area contributed by atoms with E-state index < -0.39 is 0 Å². The molecule has 0 bridgehead atoms. The van der Waals surface area contributed by atoms with E-state index in [1.807, 2.05) is 18.2 Å². The predicted octanol–water partition coefficient (Wildman–Crippen LogP) is 2.68. The molecular formula is C24H29N3O4. The molecule has 0 aromatic heterocycles. The van der Waals surface area contributed by atoms with Crippen molar-refractivity contribution in [1.82, 2.24) is 10.2 Å². The van der Waals surface area contributed by atoms with Crippen LogP contribution in [0, 0.1) is 0 Å². The number of nitrogens with one attached hydrogen (secondary N) is 2. The summed E-state index contributed by atoms with van der Waals surface area (Å²) < 4.78 is 11.0. The number of para-hydroxylation sites is 1. The third-order valence-electron chi connectivity index (χ3n) is 5.63. The number of benzene rings is 2. The minimum Gasteiger partial charge on any atom is -0.379 e. The van der Waals surface area contributed by atoms with Crippen LogP contribution in [-0.2, 0) is 16.0 Å². The summed E-state index contributed by atoms with van der Waals surface area (Å²) in [5.41, 5.74) is 2.59. The van der Waals surface area contributed by atoms with Crippen molar-refractivity contribution in [2.75, 3.05) is 44.8 Å². The van der Waals surface area contributed by atoms with Crippen LogP contribution in [0.2, 0.25) is 0 Å². The highest BCUT2D eigenvalue weighted by molar-refractivity contribution is 6.09. The van der Waals surface area contributed by atoms with E-state index in [0.29, 0.717) is 23.4 Å². The van der Waals surface area contributed by atoms with Crippen molar-refractivity contribution in [3.8, 4) is 0 Å². The highest BCUT2D eigenvalue weighted by atomic mass is 16.5. The molecule has 0 radical (unpaired) electrons. The normalized spacial score (nSPS) is 19.2. The Morgan fingerprint density at radius 1 is 1.00 bits per heavy atom. The van der Waals surface area contributed by atoms with E-state index in [2.05, 4.69) is 15.5 Å². The van der Waals surface area contributed by atoms with Crippen molar-refractivity contribution in [2.45, 2.75) is 25.5 Å². The van der Waals surface area contributed by atoms with Gasteiger partial charge in [-0.1, -0.05) is 24.3 Å². The quantitative estimate of drug-likeness (QED) is 0.716. The highest BCUT2D eigenvalue weighted by Gasteiger charge is 2.19. The molecule has 0 aliphatic carbocycles. The van der Waals surface area contributed by atoms with Crippen LogP contribution in [0.25, 0.3) is 0 Å². The summed E-state index contributed by atoms with van der Waals surface area (Å²) in [6, 6.07) is 14.7. The van der Waals surface area contributed by atoms with Gasteiger partial charge in [0.1, 0.15) is 0 Å². The van der Waals surface area contributed by atoms with Crippen LogP contribution in [0.1, 0.15) is 39.1 Å². The molecule has 0 unspecified atom stereocenters. The van der Waals surface area contributed by atoms with Gasteiger partial charge in [-0.25, -0.2) is 0 Å². The minimum atomic E-state index is -0.233. The first kappa shape index (κ1) is 21.5. The van der Waals surface area contributed by atoms with E-state index in [4.69, 9.17) is 9.47 Å². The first-order valence-electron chi connectivity index (χ1n) is 10.9. The van der Waals surface area contributed by atoms with Crippen molar-refractivity contribution < 1.29 is 19.1 Å². The van der Waals surface area contributed by atoms with Gasteiger partial charge >= 0.3 is 0 Å². The first-order chi connectivity index (χ1) is 15.2. The lowest BCUT2D eigenvalue weighted by molar-refractivity contribution is 0.0342. The predicted molar refractivity (Wildman–Crippen MR) is 118 cm³/mol. The van der Waals surface area contributed by atoms with Crippen LogP contribution in [0.15, 0.2) is 48.5 Å². The molecule has 2 aliphatic rings. The van der Waals surface area contributed by atoms with Crippen molar-refractivity contribution in [3.63, 3.8) is 0 Å². The second kappa shape index (κ2) is 10.5. The summed E-state index contributed by atoms with van der Waals surface area (Å²) in [5.74, 6) is -0.448. The van der Waals surface area contributed by atoms with Crippen LogP contribution in [0.4, 0.5) is 5.69 Å². The molecule has 0 spiro atoms.